The largest absolute Gasteiger partial charge is 0.508 e. The van der Waals surface area contributed by atoms with E-state index in [0.29, 0.717) is 11.7 Å². The molecule has 0 unspecified atom stereocenters. The van der Waals surface area contributed by atoms with Crippen LogP contribution in [0.3, 0.4) is 0 Å². The summed E-state index contributed by atoms with van der Waals surface area (Å²) >= 11 is 0. The van der Waals surface area contributed by atoms with Crippen molar-refractivity contribution in [2.45, 2.75) is 38.4 Å². The molecule has 3 aromatic carbocycles. The number of nitrogens with zero attached hydrogens (tertiary/aromatic N) is 1. The fourth-order valence-electron chi connectivity index (χ4n) is 5.78. The molecule has 0 atom stereocenters. The fraction of sp³-hybridized carbons (Fsp3) is 0.355. The SMILES string of the molecule is COC(OC)C1CCN(c2ccc(C3=C(c4ccccc4)CCCc4cc(O)ccc43)cc2)CC1. The number of aryl methyl sites for hydroxylation is 1. The third kappa shape index (κ3) is 5.00. The Morgan fingerprint density at radius 2 is 1.54 bits per heavy atom. The van der Waals surface area contributed by atoms with Crippen LogP contribution in [0.5, 0.6) is 5.75 Å². The molecule has 2 aliphatic rings. The molecular weight excluding hydrogens is 434 g/mol. The number of methoxy groups -OCH3 is 2. The molecular formula is C31H35NO3. The van der Waals surface area contributed by atoms with Crippen LogP contribution in [0.4, 0.5) is 5.69 Å². The first kappa shape index (κ1) is 23.7. The monoisotopic (exact) mass is 469 g/mol. The van der Waals surface area contributed by atoms with Crippen LogP contribution in [-0.4, -0.2) is 38.7 Å². The molecule has 0 spiro atoms. The molecule has 35 heavy (non-hydrogen) atoms. The number of phenols is 1. The average Bonchev–Trinajstić information content (AvgIpc) is 3.10. The van der Waals surface area contributed by atoms with Crippen molar-refractivity contribution in [1.29, 1.82) is 0 Å². The highest BCUT2D eigenvalue weighted by atomic mass is 16.7. The maximum atomic E-state index is 10.1. The van der Waals surface area contributed by atoms with Gasteiger partial charge in [-0.15, -0.1) is 0 Å². The molecule has 0 amide bonds. The van der Waals surface area contributed by atoms with Gasteiger partial charge in [0.25, 0.3) is 0 Å². The molecule has 1 heterocycles. The first-order valence-corrected chi connectivity index (χ1v) is 12.7. The summed E-state index contributed by atoms with van der Waals surface area (Å²) in [5, 5.41) is 10.1. The van der Waals surface area contributed by atoms with Gasteiger partial charge in [-0.05, 0) is 89.8 Å². The van der Waals surface area contributed by atoms with Crippen LogP contribution < -0.4 is 4.90 Å². The van der Waals surface area contributed by atoms with Crippen molar-refractivity contribution in [2.24, 2.45) is 5.92 Å². The van der Waals surface area contributed by atoms with Crippen molar-refractivity contribution in [3.8, 4) is 5.75 Å². The van der Waals surface area contributed by atoms with Gasteiger partial charge >= 0.3 is 0 Å². The van der Waals surface area contributed by atoms with E-state index in [2.05, 4.69) is 65.6 Å². The van der Waals surface area contributed by atoms with Crippen molar-refractivity contribution in [3.05, 3.63) is 95.1 Å². The first-order chi connectivity index (χ1) is 17.2. The van der Waals surface area contributed by atoms with Gasteiger partial charge in [-0.3, -0.25) is 0 Å². The van der Waals surface area contributed by atoms with Gasteiger partial charge in [0.05, 0.1) is 0 Å². The predicted octanol–water partition coefficient (Wildman–Crippen LogP) is 6.52. The Morgan fingerprint density at radius 1 is 0.829 bits per heavy atom. The lowest BCUT2D eigenvalue weighted by Crippen LogP contribution is -2.39. The summed E-state index contributed by atoms with van der Waals surface area (Å²) in [4.78, 5) is 2.47. The van der Waals surface area contributed by atoms with Crippen molar-refractivity contribution in [1.82, 2.24) is 0 Å². The Hall–Kier alpha value is -3.08. The summed E-state index contributed by atoms with van der Waals surface area (Å²) < 4.78 is 11.0. The van der Waals surface area contributed by atoms with Crippen LogP contribution in [0, 0.1) is 5.92 Å². The number of anilines is 1. The molecule has 0 radical (unpaired) electrons. The lowest BCUT2D eigenvalue weighted by atomic mass is 9.87. The first-order valence-electron chi connectivity index (χ1n) is 12.7. The maximum absolute atomic E-state index is 10.1. The maximum Gasteiger partial charge on any atom is 0.159 e. The Balaban J connectivity index is 1.47. The predicted molar refractivity (Wildman–Crippen MR) is 143 cm³/mol. The van der Waals surface area contributed by atoms with E-state index in [4.69, 9.17) is 9.47 Å². The van der Waals surface area contributed by atoms with Gasteiger partial charge in [0.15, 0.2) is 6.29 Å². The Morgan fingerprint density at radius 3 is 2.23 bits per heavy atom. The molecule has 1 aliphatic carbocycles. The number of hydrogen-bond donors (Lipinski definition) is 1. The molecule has 0 saturated carbocycles. The smallest absolute Gasteiger partial charge is 0.159 e. The van der Waals surface area contributed by atoms with Gasteiger partial charge in [-0.2, -0.15) is 0 Å². The molecule has 1 aliphatic heterocycles. The number of benzene rings is 3. The average molecular weight is 470 g/mol. The van der Waals surface area contributed by atoms with E-state index in [0.717, 1.165) is 45.2 Å². The molecule has 1 saturated heterocycles. The summed E-state index contributed by atoms with van der Waals surface area (Å²) in [6.07, 6.45) is 5.08. The van der Waals surface area contributed by atoms with Crippen LogP contribution >= 0.6 is 0 Å². The number of ether oxygens (including phenoxy) is 2. The standard InChI is InChI=1S/C31H35NO3/c1-34-31(35-2)24-17-19-32(20-18-24)26-13-11-23(12-14-26)30-28(22-7-4-3-5-8-22)10-6-9-25-21-27(33)15-16-29(25)30/h3-5,7-8,11-16,21,24,31,33H,6,9-10,17-20H2,1-2H3. The third-order valence-corrected chi connectivity index (χ3v) is 7.57. The highest BCUT2D eigenvalue weighted by Gasteiger charge is 2.27. The normalized spacial score (nSPS) is 16.9. The number of hydrogen-bond acceptors (Lipinski definition) is 4. The third-order valence-electron chi connectivity index (χ3n) is 7.57. The number of phenolic OH excluding ortho intramolecular Hbond substituents is 1. The van der Waals surface area contributed by atoms with Crippen LogP contribution in [0.25, 0.3) is 11.1 Å². The highest BCUT2D eigenvalue weighted by molar-refractivity contribution is 6.00. The van der Waals surface area contributed by atoms with Crippen molar-refractivity contribution in [3.63, 3.8) is 0 Å². The summed E-state index contributed by atoms with van der Waals surface area (Å²) in [7, 11) is 3.45. The Labute approximate surface area is 208 Å². The molecule has 1 fully saturated rings. The molecule has 1 N–H and O–H groups in total. The summed E-state index contributed by atoms with van der Waals surface area (Å²) in [5.41, 5.74) is 8.90. The van der Waals surface area contributed by atoms with Gasteiger partial charge in [0.2, 0.25) is 0 Å². The van der Waals surface area contributed by atoms with E-state index in [-0.39, 0.29) is 6.29 Å². The summed E-state index contributed by atoms with van der Waals surface area (Å²) in [6, 6.07) is 25.7. The molecule has 4 heteroatoms. The zero-order valence-electron chi connectivity index (χ0n) is 20.7. The van der Waals surface area contributed by atoms with Gasteiger partial charge in [0, 0.05) is 38.9 Å². The fourth-order valence-corrected chi connectivity index (χ4v) is 5.78. The number of fused-ring (bicyclic) bond motifs is 1. The number of aromatic hydroxyl groups is 1. The van der Waals surface area contributed by atoms with Crippen LogP contribution in [-0.2, 0) is 15.9 Å². The van der Waals surface area contributed by atoms with Gasteiger partial charge in [-0.25, -0.2) is 0 Å². The minimum atomic E-state index is -0.113. The second-order valence-corrected chi connectivity index (χ2v) is 9.63. The van der Waals surface area contributed by atoms with Gasteiger partial charge < -0.3 is 19.5 Å². The van der Waals surface area contributed by atoms with E-state index in [1.807, 2.05) is 12.1 Å². The van der Waals surface area contributed by atoms with E-state index in [9.17, 15) is 5.11 Å². The second kappa shape index (κ2) is 10.7. The lowest BCUT2D eigenvalue weighted by Gasteiger charge is -2.36. The molecule has 182 valence electrons. The van der Waals surface area contributed by atoms with E-state index >= 15 is 0 Å². The molecule has 5 rings (SSSR count). The van der Waals surface area contributed by atoms with Crippen molar-refractivity contribution in [2.75, 3.05) is 32.2 Å². The Bertz CT molecular complexity index is 1160. The Kier molecular flexibility index (Phi) is 7.21. The zero-order valence-corrected chi connectivity index (χ0v) is 20.7. The van der Waals surface area contributed by atoms with Crippen molar-refractivity contribution >= 4 is 16.8 Å². The minimum Gasteiger partial charge on any atom is -0.508 e. The topological polar surface area (TPSA) is 41.9 Å². The van der Waals surface area contributed by atoms with Gasteiger partial charge in [0.1, 0.15) is 5.75 Å². The molecule has 3 aromatic rings. The summed E-state index contributed by atoms with van der Waals surface area (Å²) in [6.45, 7) is 2.01. The van der Waals surface area contributed by atoms with Crippen LogP contribution in [0.2, 0.25) is 0 Å². The quantitative estimate of drug-likeness (QED) is 0.417. The van der Waals surface area contributed by atoms with E-state index in [1.54, 1.807) is 14.2 Å². The van der Waals surface area contributed by atoms with Gasteiger partial charge in [-0.1, -0.05) is 48.5 Å². The molecule has 0 aromatic heterocycles. The van der Waals surface area contributed by atoms with Crippen LogP contribution in [0.15, 0.2) is 72.8 Å². The second-order valence-electron chi connectivity index (χ2n) is 9.63. The molecule has 4 nitrogen and oxygen atoms in total. The lowest BCUT2D eigenvalue weighted by molar-refractivity contribution is -0.141. The van der Waals surface area contributed by atoms with Crippen LogP contribution in [0.1, 0.15) is 47.9 Å². The van der Waals surface area contributed by atoms with Crippen molar-refractivity contribution < 1.29 is 14.6 Å². The van der Waals surface area contributed by atoms with E-state index in [1.165, 1.54) is 39.1 Å². The molecule has 0 bridgehead atoms. The highest BCUT2D eigenvalue weighted by Crippen LogP contribution is 2.41. The number of rotatable bonds is 6. The summed E-state index contributed by atoms with van der Waals surface area (Å²) in [5.74, 6) is 0.784. The number of piperidine rings is 1. The minimum absolute atomic E-state index is 0.113. The van der Waals surface area contributed by atoms with E-state index < -0.39 is 0 Å². The zero-order chi connectivity index (χ0) is 24.2. The number of allylic oxidation sites excluding steroid dienone is 1.